The molecular formula is C21H17N3O4S. The van der Waals surface area contributed by atoms with Crippen molar-refractivity contribution in [1.29, 1.82) is 5.26 Å². The first kappa shape index (κ1) is 18.9. The molecule has 146 valence electrons. The van der Waals surface area contributed by atoms with E-state index in [0.717, 1.165) is 5.39 Å². The minimum Gasteiger partial charge on any atom is -0.492 e. The van der Waals surface area contributed by atoms with Crippen molar-refractivity contribution >= 4 is 34.3 Å². The van der Waals surface area contributed by atoms with Gasteiger partial charge in [-0.25, -0.2) is 4.98 Å². The molecule has 0 aliphatic carbocycles. The third-order valence-corrected chi connectivity index (χ3v) is 5.19. The molecule has 0 radical (unpaired) electrons. The van der Waals surface area contributed by atoms with Crippen molar-refractivity contribution in [1.82, 2.24) is 4.98 Å². The molecule has 29 heavy (non-hydrogen) atoms. The van der Waals surface area contributed by atoms with E-state index in [1.165, 1.54) is 11.8 Å². The fourth-order valence-electron chi connectivity index (χ4n) is 2.91. The number of hydrogen-bond donors (Lipinski definition) is 1. The highest BCUT2D eigenvalue weighted by molar-refractivity contribution is 8.00. The maximum Gasteiger partial charge on any atom is 0.234 e. The molecule has 1 amide bonds. The van der Waals surface area contributed by atoms with Gasteiger partial charge in [-0.3, -0.25) is 4.79 Å². The number of hydrogen-bond acceptors (Lipinski definition) is 7. The number of amides is 1. The highest BCUT2D eigenvalue weighted by Crippen LogP contribution is 2.37. The van der Waals surface area contributed by atoms with Gasteiger partial charge in [0.2, 0.25) is 12.7 Å². The number of rotatable bonds is 6. The Bertz CT molecular complexity index is 1130. The number of aromatic nitrogens is 1. The highest BCUT2D eigenvalue weighted by Gasteiger charge is 2.17. The van der Waals surface area contributed by atoms with Gasteiger partial charge in [-0.05, 0) is 31.2 Å². The number of fused-ring (bicyclic) bond motifs is 2. The molecule has 1 aliphatic heterocycles. The Hall–Kier alpha value is -3.44. The van der Waals surface area contributed by atoms with Gasteiger partial charge < -0.3 is 19.5 Å². The molecule has 0 saturated carbocycles. The number of nitrogens with zero attached hydrogens (tertiary/aromatic N) is 2. The van der Waals surface area contributed by atoms with Gasteiger partial charge in [0, 0.05) is 11.5 Å². The largest absolute Gasteiger partial charge is 0.492 e. The predicted molar refractivity (Wildman–Crippen MR) is 110 cm³/mol. The lowest BCUT2D eigenvalue weighted by Gasteiger charge is -2.11. The number of carbonyl (C=O) groups is 1. The second kappa shape index (κ2) is 8.29. The topological polar surface area (TPSA) is 93.5 Å². The molecule has 8 heteroatoms. The number of nitriles is 1. The van der Waals surface area contributed by atoms with E-state index < -0.39 is 0 Å². The summed E-state index contributed by atoms with van der Waals surface area (Å²) in [6.45, 7) is 2.56. The summed E-state index contributed by atoms with van der Waals surface area (Å²) in [5.74, 6) is 1.77. The fourth-order valence-corrected chi connectivity index (χ4v) is 3.67. The zero-order valence-corrected chi connectivity index (χ0v) is 16.4. The van der Waals surface area contributed by atoms with Crippen LogP contribution >= 0.6 is 11.8 Å². The van der Waals surface area contributed by atoms with E-state index in [1.54, 1.807) is 30.3 Å². The van der Waals surface area contributed by atoms with Crippen molar-refractivity contribution in [3.63, 3.8) is 0 Å². The number of nitrogens with one attached hydrogen (secondary N) is 1. The molecule has 0 fully saturated rings. The van der Waals surface area contributed by atoms with Crippen LogP contribution in [-0.2, 0) is 4.79 Å². The quantitative estimate of drug-likeness (QED) is 0.618. The standard InChI is InChI=1S/C21H17N3O4S/c1-2-26-17-6-4-3-5-15(17)23-20(25)11-29-21-14(10-22)7-13-8-18-19(28-12-27-18)9-16(13)24-21/h3-9H,2,11-12H2,1H3,(H,23,25). The average Bonchev–Trinajstić information content (AvgIpc) is 3.18. The van der Waals surface area contributed by atoms with E-state index in [2.05, 4.69) is 16.4 Å². The molecule has 0 spiro atoms. The number of anilines is 1. The number of thioether (sulfide) groups is 1. The second-order valence-corrected chi connectivity index (χ2v) is 7.08. The fraction of sp³-hybridized carbons (Fsp3) is 0.190. The first-order chi connectivity index (χ1) is 14.2. The first-order valence-corrected chi connectivity index (χ1v) is 9.95. The summed E-state index contributed by atoms with van der Waals surface area (Å²) in [5.41, 5.74) is 1.70. The summed E-state index contributed by atoms with van der Waals surface area (Å²) in [6.07, 6.45) is 0. The Labute approximate surface area is 171 Å². The number of para-hydroxylation sites is 2. The molecule has 0 saturated heterocycles. The van der Waals surface area contributed by atoms with Crippen molar-refractivity contribution in [2.45, 2.75) is 11.9 Å². The lowest BCUT2D eigenvalue weighted by atomic mass is 10.1. The van der Waals surface area contributed by atoms with Gasteiger partial charge in [0.25, 0.3) is 0 Å². The number of pyridine rings is 1. The molecule has 4 rings (SSSR count). The summed E-state index contributed by atoms with van der Waals surface area (Å²) < 4.78 is 16.3. The normalized spacial score (nSPS) is 11.9. The van der Waals surface area contributed by atoms with E-state index in [4.69, 9.17) is 14.2 Å². The van der Waals surface area contributed by atoms with Crippen LogP contribution in [0.1, 0.15) is 12.5 Å². The summed E-state index contributed by atoms with van der Waals surface area (Å²) in [5, 5.41) is 13.6. The van der Waals surface area contributed by atoms with Gasteiger partial charge >= 0.3 is 0 Å². The third-order valence-electron chi connectivity index (χ3n) is 4.20. The minimum absolute atomic E-state index is 0.109. The van der Waals surface area contributed by atoms with Crippen molar-refractivity contribution in [3.05, 3.63) is 48.0 Å². The maximum absolute atomic E-state index is 12.4. The van der Waals surface area contributed by atoms with Crippen LogP contribution in [0.2, 0.25) is 0 Å². The SMILES string of the molecule is CCOc1ccccc1NC(=O)CSc1nc2cc3c(cc2cc1C#N)OCO3. The van der Waals surface area contributed by atoms with E-state index >= 15 is 0 Å². The van der Waals surface area contributed by atoms with Crippen molar-refractivity contribution < 1.29 is 19.0 Å². The smallest absolute Gasteiger partial charge is 0.234 e. The van der Waals surface area contributed by atoms with Crippen LogP contribution in [0, 0.1) is 11.3 Å². The number of ether oxygens (including phenoxy) is 3. The lowest BCUT2D eigenvalue weighted by Crippen LogP contribution is -2.15. The van der Waals surface area contributed by atoms with Gasteiger partial charge in [-0.1, -0.05) is 23.9 Å². The number of benzene rings is 2. The van der Waals surface area contributed by atoms with Crippen LogP contribution in [0.5, 0.6) is 17.2 Å². The molecule has 1 aliphatic rings. The molecule has 1 N–H and O–H groups in total. The molecule has 1 aromatic heterocycles. The van der Waals surface area contributed by atoms with Crippen LogP contribution in [0.3, 0.4) is 0 Å². The van der Waals surface area contributed by atoms with Crippen molar-refractivity contribution in [2.75, 3.05) is 24.5 Å². The Morgan fingerprint density at radius 3 is 2.86 bits per heavy atom. The van der Waals surface area contributed by atoms with Crippen molar-refractivity contribution in [3.8, 4) is 23.3 Å². The molecule has 0 unspecified atom stereocenters. The molecule has 0 atom stereocenters. The van der Waals surface area contributed by atoms with Crippen LogP contribution in [0.4, 0.5) is 5.69 Å². The predicted octanol–water partition coefficient (Wildman–Crippen LogP) is 3.96. The molecule has 3 aromatic rings. The van der Waals surface area contributed by atoms with E-state index in [0.29, 0.717) is 45.6 Å². The monoisotopic (exact) mass is 407 g/mol. The molecule has 7 nitrogen and oxygen atoms in total. The zero-order valence-electron chi connectivity index (χ0n) is 15.6. The van der Waals surface area contributed by atoms with Gasteiger partial charge in [0.1, 0.15) is 16.8 Å². The van der Waals surface area contributed by atoms with Gasteiger partial charge in [0.15, 0.2) is 11.5 Å². The van der Waals surface area contributed by atoms with Gasteiger partial charge in [-0.2, -0.15) is 5.26 Å². The molecule has 0 bridgehead atoms. The number of carbonyl (C=O) groups excluding carboxylic acids is 1. The van der Waals surface area contributed by atoms with Gasteiger partial charge in [0.05, 0.1) is 29.1 Å². The van der Waals surface area contributed by atoms with E-state index in [9.17, 15) is 10.1 Å². The Morgan fingerprint density at radius 2 is 2.07 bits per heavy atom. The molecular weight excluding hydrogens is 390 g/mol. The van der Waals surface area contributed by atoms with Crippen molar-refractivity contribution in [2.24, 2.45) is 0 Å². The molecule has 2 heterocycles. The van der Waals surface area contributed by atoms with Crippen LogP contribution in [-0.4, -0.2) is 30.0 Å². The molecule has 2 aromatic carbocycles. The minimum atomic E-state index is -0.210. The van der Waals surface area contributed by atoms with Crippen LogP contribution < -0.4 is 19.5 Å². The average molecular weight is 407 g/mol. The zero-order chi connectivity index (χ0) is 20.2. The summed E-state index contributed by atoms with van der Waals surface area (Å²) >= 11 is 1.21. The third kappa shape index (κ3) is 4.05. The summed E-state index contributed by atoms with van der Waals surface area (Å²) in [7, 11) is 0. The Kier molecular flexibility index (Phi) is 5.40. The summed E-state index contributed by atoms with van der Waals surface area (Å²) in [4.78, 5) is 17.0. The van der Waals surface area contributed by atoms with Gasteiger partial charge in [-0.15, -0.1) is 0 Å². The van der Waals surface area contributed by atoms with E-state index in [1.807, 2.05) is 19.1 Å². The Morgan fingerprint density at radius 1 is 1.28 bits per heavy atom. The van der Waals surface area contributed by atoms with Crippen LogP contribution in [0.15, 0.2) is 47.5 Å². The van der Waals surface area contributed by atoms with Crippen LogP contribution in [0.25, 0.3) is 10.9 Å². The maximum atomic E-state index is 12.4. The van der Waals surface area contributed by atoms with E-state index in [-0.39, 0.29) is 18.5 Å². The summed E-state index contributed by atoms with van der Waals surface area (Å²) in [6, 6.07) is 14.7. The second-order valence-electron chi connectivity index (χ2n) is 6.12. The lowest BCUT2D eigenvalue weighted by molar-refractivity contribution is -0.113. The Balaban J connectivity index is 1.51. The highest BCUT2D eigenvalue weighted by atomic mass is 32.2. The first-order valence-electron chi connectivity index (χ1n) is 8.97.